The number of amides is 3. The predicted octanol–water partition coefficient (Wildman–Crippen LogP) is 1.71. The summed E-state index contributed by atoms with van der Waals surface area (Å²) in [7, 11) is 3.37. The lowest BCUT2D eigenvalue weighted by molar-refractivity contribution is 0.0944. The first kappa shape index (κ1) is 18.9. The Hall–Kier alpha value is -2.87. The second-order valence-corrected chi connectivity index (χ2v) is 7.05. The molecule has 0 spiro atoms. The molecule has 3 amide bonds. The van der Waals surface area contributed by atoms with Crippen LogP contribution in [0.2, 0.25) is 0 Å². The third kappa shape index (κ3) is 4.28. The number of nitrogens with zero attached hydrogens (tertiary/aromatic N) is 3. The summed E-state index contributed by atoms with van der Waals surface area (Å²) in [6, 6.07) is 7.57. The quantitative estimate of drug-likeness (QED) is 0.764. The molecule has 3 N–H and O–H groups in total. The van der Waals surface area contributed by atoms with Gasteiger partial charge in [0.15, 0.2) is 5.69 Å². The number of nitrogens with one attached hydrogen (secondary N) is 3. The van der Waals surface area contributed by atoms with Crippen LogP contribution in [0, 0.1) is 6.92 Å². The van der Waals surface area contributed by atoms with Crippen molar-refractivity contribution >= 4 is 17.6 Å². The molecule has 2 aromatic rings. The van der Waals surface area contributed by atoms with Crippen molar-refractivity contribution in [2.24, 2.45) is 0 Å². The van der Waals surface area contributed by atoms with Gasteiger partial charge >= 0.3 is 6.03 Å². The van der Waals surface area contributed by atoms with E-state index in [2.05, 4.69) is 32.4 Å². The van der Waals surface area contributed by atoms with Crippen molar-refractivity contribution in [3.63, 3.8) is 0 Å². The summed E-state index contributed by atoms with van der Waals surface area (Å²) in [4.78, 5) is 30.2. The second-order valence-electron chi connectivity index (χ2n) is 7.05. The third-order valence-electron chi connectivity index (χ3n) is 4.62. The largest absolute Gasteiger partial charge is 0.347 e. The van der Waals surface area contributed by atoms with Crippen LogP contribution in [-0.2, 0) is 19.6 Å². The molecule has 1 aromatic heterocycles. The van der Waals surface area contributed by atoms with E-state index in [0.29, 0.717) is 30.5 Å². The van der Waals surface area contributed by atoms with E-state index in [1.807, 2.05) is 31.2 Å². The zero-order valence-electron chi connectivity index (χ0n) is 16.2. The maximum Gasteiger partial charge on any atom is 0.321 e. The van der Waals surface area contributed by atoms with Crippen LogP contribution in [0.4, 0.5) is 10.5 Å². The molecule has 27 heavy (non-hydrogen) atoms. The van der Waals surface area contributed by atoms with Crippen LogP contribution in [0.15, 0.2) is 24.3 Å². The molecule has 0 bridgehead atoms. The van der Waals surface area contributed by atoms with Gasteiger partial charge in [0.25, 0.3) is 5.91 Å². The molecular weight excluding hydrogens is 344 g/mol. The number of carbonyl (C=O) groups excluding carboxylic acids is 2. The highest BCUT2D eigenvalue weighted by atomic mass is 16.2. The lowest BCUT2D eigenvalue weighted by Gasteiger charge is -2.23. The Morgan fingerprint density at radius 2 is 2.00 bits per heavy atom. The number of aryl methyl sites for hydroxylation is 1. The van der Waals surface area contributed by atoms with Gasteiger partial charge in [-0.2, -0.15) is 0 Å². The summed E-state index contributed by atoms with van der Waals surface area (Å²) in [5.74, 6) is 0.692. The highest BCUT2D eigenvalue weighted by molar-refractivity contribution is 5.93. The van der Waals surface area contributed by atoms with E-state index in [9.17, 15) is 9.59 Å². The Morgan fingerprint density at radius 3 is 2.67 bits per heavy atom. The number of fused-ring (bicyclic) bond motifs is 1. The van der Waals surface area contributed by atoms with E-state index in [1.54, 1.807) is 14.1 Å². The van der Waals surface area contributed by atoms with Crippen LogP contribution in [0.5, 0.6) is 0 Å². The molecule has 1 aliphatic rings. The molecule has 1 aliphatic heterocycles. The Morgan fingerprint density at radius 1 is 1.30 bits per heavy atom. The molecule has 1 unspecified atom stereocenters. The number of hydrogen-bond acceptors (Lipinski definition) is 4. The van der Waals surface area contributed by atoms with Crippen LogP contribution < -0.4 is 16.0 Å². The molecule has 0 saturated carbocycles. The lowest BCUT2D eigenvalue weighted by Crippen LogP contribution is -2.37. The molecule has 144 valence electrons. The zero-order chi connectivity index (χ0) is 19.6. The molecule has 8 nitrogen and oxygen atoms in total. The van der Waals surface area contributed by atoms with E-state index in [0.717, 1.165) is 23.6 Å². The number of aromatic nitrogens is 2. The van der Waals surface area contributed by atoms with Gasteiger partial charge < -0.3 is 25.4 Å². The van der Waals surface area contributed by atoms with Crippen LogP contribution >= 0.6 is 0 Å². The van der Waals surface area contributed by atoms with Crippen molar-refractivity contribution in [2.75, 3.05) is 19.4 Å². The van der Waals surface area contributed by atoms with Gasteiger partial charge in [-0.1, -0.05) is 12.1 Å². The van der Waals surface area contributed by atoms with Gasteiger partial charge in [0.2, 0.25) is 0 Å². The Bertz CT molecular complexity index is 841. The number of benzene rings is 1. The van der Waals surface area contributed by atoms with E-state index >= 15 is 0 Å². The van der Waals surface area contributed by atoms with Gasteiger partial charge in [0.05, 0.1) is 5.69 Å². The molecule has 0 aliphatic carbocycles. The first-order valence-corrected chi connectivity index (χ1v) is 9.00. The minimum atomic E-state index is -0.182. The topological polar surface area (TPSA) is 91.3 Å². The number of imidazole rings is 1. The Balaban J connectivity index is 1.61. The van der Waals surface area contributed by atoms with E-state index < -0.39 is 0 Å². The number of urea groups is 1. The number of hydrogen-bond donors (Lipinski definition) is 3. The zero-order valence-corrected chi connectivity index (χ0v) is 16.2. The smallest absolute Gasteiger partial charge is 0.321 e. The maximum absolute atomic E-state index is 12.6. The van der Waals surface area contributed by atoms with Gasteiger partial charge in [0.1, 0.15) is 5.82 Å². The summed E-state index contributed by atoms with van der Waals surface area (Å²) in [6.07, 6.45) is 0. The Kier molecular flexibility index (Phi) is 5.46. The lowest BCUT2D eigenvalue weighted by atomic mass is 10.2. The average Bonchev–Trinajstić information content (AvgIpc) is 2.97. The van der Waals surface area contributed by atoms with Crippen molar-refractivity contribution in [2.45, 2.75) is 39.5 Å². The van der Waals surface area contributed by atoms with Gasteiger partial charge in [-0.15, -0.1) is 0 Å². The summed E-state index contributed by atoms with van der Waals surface area (Å²) in [5.41, 5.74) is 3.08. The minimum Gasteiger partial charge on any atom is -0.347 e. The summed E-state index contributed by atoms with van der Waals surface area (Å²) in [5, 5.41) is 9.08. The molecule has 0 fully saturated rings. The van der Waals surface area contributed by atoms with Crippen molar-refractivity contribution in [3.05, 3.63) is 47.0 Å². The van der Waals surface area contributed by atoms with Crippen LogP contribution in [0.3, 0.4) is 0 Å². The summed E-state index contributed by atoms with van der Waals surface area (Å²) >= 11 is 0. The van der Waals surface area contributed by atoms with Crippen LogP contribution in [-0.4, -0.2) is 46.5 Å². The van der Waals surface area contributed by atoms with E-state index in [-0.39, 0.29) is 11.9 Å². The van der Waals surface area contributed by atoms with Crippen molar-refractivity contribution in [1.29, 1.82) is 0 Å². The van der Waals surface area contributed by atoms with Gasteiger partial charge in [-0.05, 0) is 31.5 Å². The van der Waals surface area contributed by atoms with Gasteiger partial charge in [-0.25, -0.2) is 9.78 Å². The Labute approximate surface area is 159 Å². The minimum absolute atomic E-state index is 0.173. The number of anilines is 1. The van der Waals surface area contributed by atoms with E-state index in [1.165, 1.54) is 4.90 Å². The van der Waals surface area contributed by atoms with Crippen LogP contribution in [0.25, 0.3) is 0 Å². The monoisotopic (exact) mass is 370 g/mol. The van der Waals surface area contributed by atoms with Crippen molar-refractivity contribution in [1.82, 2.24) is 25.1 Å². The molecule has 0 radical (unpaired) electrons. The fourth-order valence-electron chi connectivity index (χ4n) is 3.03. The fourth-order valence-corrected chi connectivity index (χ4v) is 3.03. The van der Waals surface area contributed by atoms with Crippen molar-refractivity contribution < 1.29 is 9.59 Å². The molecule has 1 atom stereocenters. The molecule has 0 saturated heterocycles. The third-order valence-corrected chi connectivity index (χ3v) is 4.62. The summed E-state index contributed by atoms with van der Waals surface area (Å²) in [6.45, 7) is 5.91. The van der Waals surface area contributed by atoms with Crippen LogP contribution in [0.1, 0.15) is 34.5 Å². The molecule has 2 heterocycles. The SMILES string of the molecule is Cc1nc(C(=O)NCc2ccc(NC(=O)N(C)C)cc2)c2n1CC(C)NC2. The average molecular weight is 370 g/mol. The van der Waals surface area contributed by atoms with Gasteiger partial charge in [0, 0.05) is 45.5 Å². The molecule has 8 heteroatoms. The van der Waals surface area contributed by atoms with Gasteiger partial charge in [-0.3, -0.25) is 4.79 Å². The molecular formula is C19H26N6O2. The highest BCUT2D eigenvalue weighted by Gasteiger charge is 2.24. The van der Waals surface area contributed by atoms with Crippen molar-refractivity contribution in [3.8, 4) is 0 Å². The second kappa shape index (κ2) is 7.79. The molecule has 1 aromatic carbocycles. The summed E-state index contributed by atoms with van der Waals surface area (Å²) < 4.78 is 2.11. The molecule has 3 rings (SSSR count). The maximum atomic E-state index is 12.6. The number of rotatable bonds is 4. The standard InChI is InChI=1S/C19H26N6O2/c1-12-11-25-13(2)22-17(16(25)10-20-12)18(26)21-9-14-5-7-15(8-6-14)23-19(27)24(3)4/h5-8,12,20H,9-11H2,1-4H3,(H,21,26)(H,23,27). The number of carbonyl (C=O) groups is 2. The predicted molar refractivity (Wildman–Crippen MR) is 104 cm³/mol. The first-order valence-electron chi connectivity index (χ1n) is 9.00. The van der Waals surface area contributed by atoms with E-state index in [4.69, 9.17) is 0 Å². The fraction of sp³-hybridized carbons (Fsp3) is 0.421. The highest BCUT2D eigenvalue weighted by Crippen LogP contribution is 2.17. The first-order chi connectivity index (χ1) is 12.8. The normalized spacial score (nSPS) is 15.8.